The molecule has 1 heteroatoms. The van der Waals surface area contributed by atoms with Crippen LogP contribution in [0, 0.1) is 6.92 Å². The van der Waals surface area contributed by atoms with Gasteiger partial charge in [0.05, 0.1) is 0 Å². The fraction of sp³-hybridized carbons (Fsp3) is 0.154. The highest BCUT2D eigenvalue weighted by molar-refractivity contribution is 5.15. The minimum absolute atomic E-state index is 0.878. The van der Waals surface area contributed by atoms with Gasteiger partial charge in [-0.2, -0.15) is 0 Å². The fourth-order valence-corrected chi connectivity index (χ4v) is 1.12. The second-order valence-electron chi connectivity index (χ2n) is 3.02. The predicted octanol–water partition coefficient (Wildman–Crippen LogP) is 3.23. The fourth-order valence-electron chi connectivity index (χ4n) is 1.12. The van der Waals surface area contributed by atoms with Gasteiger partial charge in [0.2, 0.25) is 0 Å². The summed E-state index contributed by atoms with van der Waals surface area (Å²) in [5, 5.41) is 0. The summed E-state index contributed by atoms with van der Waals surface area (Å²) in [5.74, 6) is 0. The summed E-state index contributed by atoms with van der Waals surface area (Å²) in [4.78, 5) is 4.40. The summed E-state index contributed by atoms with van der Waals surface area (Å²) in [6, 6.07) is 6.07. The van der Waals surface area contributed by atoms with E-state index in [1.165, 1.54) is 0 Å². The van der Waals surface area contributed by atoms with Crippen molar-refractivity contribution in [2.24, 2.45) is 0 Å². The first-order valence-corrected chi connectivity index (χ1v) is 4.69. The molecule has 0 saturated carbocycles. The maximum absolute atomic E-state index is 4.40. The van der Waals surface area contributed by atoms with E-state index in [9.17, 15) is 0 Å². The first-order valence-electron chi connectivity index (χ1n) is 4.69. The SMILES string of the molecule is C=C/C=C\C=C/Cc1cccc(C)n1. The average Bonchev–Trinajstić information content (AvgIpc) is 2.18. The predicted molar refractivity (Wildman–Crippen MR) is 61.2 cm³/mol. The Balaban J connectivity index is 2.49. The highest BCUT2D eigenvalue weighted by Gasteiger charge is 1.89. The number of hydrogen-bond donors (Lipinski definition) is 0. The molecule has 0 aliphatic carbocycles. The van der Waals surface area contributed by atoms with E-state index in [1.54, 1.807) is 6.08 Å². The van der Waals surface area contributed by atoms with E-state index in [4.69, 9.17) is 0 Å². The summed E-state index contributed by atoms with van der Waals surface area (Å²) in [6.07, 6.45) is 10.6. The molecule has 0 radical (unpaired) electrons. The molecule has 14 heavy (non-hydrogen) atoms. The van der Waals surface area contributed by atoms with Gasteiger partial charge in [-0.1, -0.05) is 43.0 Å². The number of pyridine rings is 1. The van der Waals surface area contributed by atoms with Crippen LogP contribution in [0.5, 0.6) is 0 Å². The lowest BCUT2D eigenvalue weighted by Gasteiger charge is -1.96. The Morgan fingerprint density at radius 2 is 2.14 bits per heavy atom. The van der Waals surface area contributed by atoms with Crippen LogP contribution in [-0.2, 0) is 6.42 Å². The Hall–Kier alpha value is -1.63. The maximum atomic E-state index is 4.40. The number of allylic oxidation sites excluding steroid dienone is 5. The van der Waals surface area contributed by atoms with Gasteiger partial charge >= 0.3 is 0 Å². The largest absolute Gasteiger partial charge is 0.258 e. The molecule has 1 rings (SSSR count). The monoisotopic (exact) mass is 185 g/mol. The van der Waals surface area contributed by atoms with Crippen molar-refractivity contribution in [2.45, 2.75) is 13.3 Å². The van der Waals surface area contributed by atoms with Gasteiger partial charge in [0.25, 0.3) is 0 Å². The van der Waals surface area contributed by atoms with Crippen LogP contribution in [0.15, 0.2) is 55.2 Å². The molecule has 0 saturated heterocycles. The van der Waals surface area contributed by atoms with Crippen LogP contribution in [0.3, 0.4) is 0 Å². The molecule has 1 aromatic heterocycles. The zero-order valence-corrected chi connectivity index (χ0v) is 8.48. The topological polar surface area (TPSA) is 12.9 Å². The van der Waals surface area contributed by atoms with Crippen LogP contribution in [0.1, 0.15) is 11.4 Å². The molecule has 0 N–H and O–H groups in total. The molecule has 1 aromatic rings. The third-order valence-electron chi connectivity index (χ3n) is 1.77. The minimum Gasteiger partial charge on any atom is -0.258 e. The minimum atomic E-state index is 0.878. The number of hydrogen-bond acceptors (Lipinski definition) is 1. The van der Waals surface area contributed by atoms with Gasteiger partial charge < -0.3 is 0 Å². The molecule has 1 heterocycles. The normalized spacial score (nSPS) is 11.2. The zero-order valence-electron chi connectivity index (χ0n) is 8.48. The number of aryl methyl sites for hydroxylation is 1. The molecule has 0 spiro atoms. The Morgan fingerprint density at radius 3 is 2.86 bits per heavy atom. The van der Waals surface area contributed by atoms with Crippen LogP contribution < -0.4 is 0 Å². The van der Waals surface area contributed by atoms with Crippen molar-refractivity contribution in [2.75, 3.05) is 0 Å². The Kier molecular flexibility index (Phi) is 4.42. The number of aromatic nitrogens is 1. The standard InChI is InChI=1S/C13H15N/c1-3-4-5-6-7-10-13-11-8-9-12(2)14-13/h3-9,11H,1,10H2,2H3/b5-4-,7-6-. The second-order valence-corrected chi connectivity index (χ2v) is 3.02. The van der Waals surface area contributed by atoms with Crippen LogP contribution >= 0.6 is 0 Å². The van der Waals surface area contributed by atoms with Crippen molar-refractivity contribution in [1.82, 2.24) is 4.98 Å². The lowest BCUT2D eigenvalue weighted by Crippen LogP contribution is -1.88. The zero-order chi connectivity index (χ0) is 10.2. The average molecular weight is 185 g/mol. The molecule has 0 aliphatic heterocycles. The maximum Gasteiger partial charge on any atom is 0.0444 e. The molecule has 0 amide bonds. The van der Waals surface area contributed by atoms with E-state index in [2.05, 4.69) is 17.6 Å². The summed E-state index contributed by atoms with van der Waals surface area (Å²) < 4.78 is 0. The van der Waals surface area contributed by atoms with Crippen molar-refractivity contribution in [1.29, 1.82) is 0 Å². The van der Waals surface area contributed by atoms with E-state index < -0.39 is 0 Å². The van der Waals surface area contributed by atoms with E-state index >= 15 is 0 Å². The molecular formula is C13H15N. The molecule has 0 atom stereocenters. The molecule has 0 fully saturated rings. The van der Waals surface area contributed by atoms with Crippen LogP contribution in [0.4, 0.5) is 0 Å². The van der Waals surface area contributed by atoms with E-state index in [0.29, 0.717) is 0 Å². The molecule has 1 nitrogen and oxygen atoms in total. The van der Waals surface area contributed by atoms with Gasteiger partial charge in [-0.15, -0.1) is 0 Å². The van der Waals surface area contributed by atoms with Crippen molar-refractivity contribution in [3.8, 4) is 0 Å². The molecule has 72 valence electrons. The van der Waals surface area contributed by atoms with Crippen LogP contribution in [-0.4, -0.2) is 4.98 Å². The lowest BCUT2D eigenvalue weighted by atomic mass is 10.2. The summed E-state index contributed by atoms with van der Waals surface area (Å²) in [5.41, 5.74) is 2.17. The number of rotatable bonds is 4. The lowest BCUT2D eigenvalue weighted by molar-refractivity contribution is 1.06. The van der Waals surface area contributed by atoms with Crippen molar-refractivity contribution in [3.05, 3.63) is 66.5 Å². The van der Waals surface area contributed by atoms with Gasteiger partial charge in [-0.3, -0.25) is 4.98 Å². The van der Waals surface area contributed by atoms with Gasteiger partial charge in [0.15, 0.2) is 0 Å². The highest BCUT2D eigenvalue weighted by Crippen LogP contribution is 1.99. The van der Waals surface area contributed by atoms with Gasteiger partial charge in [0.1, 0.15) is 0 Å². The highest BCUT2D eigenvalue weighted by atomic mass is 14.7. The van der Waals surface area contributed by atoms with E-state index in [-0.39, 0.29) is 0 Å². The van der Waals surface area contributed by atoms with Gasteiger partial charge in [-0.25, -0.2) is 0 Å². The van der Waals surface area contributed by atoms with E-state index in [0.717, 1.165) is 17.8 Å². The van der Waals surface area contributed by atoms with Gasteiger partial charge in [-0.05, 0) is 19.1 Å². The van der Waals surface area contributed by atoms with Gasteiger partial charge in [0, 0.05) is 17.8 Å². The molecule has 0 bridgehead atoms. The number of nitrogens with zero attached hydrogens (tertiary/aromatic N) is 1. The molecule has 0 aromatic carbocycles. The smallest absolute Gasteiger partial charge is 0.0444 e. The molecular weight excluding hydrogens is 170 g/mol. The van der Waals surface area contributed by atoms with Crippen LogP contribution in [0.25, 0.3) is 0 Å². The van der Waals surface area contributed by atoms with Crippen LogP contribution in [0.2, 0.25) is 0 Å². The summed E-state index contributed by atoms with van der Waals surface area (Å²) >= 11 is 0. The van der Waals surface area contributed by atoms with Crippen molar-refractivity contribution >= 4 is 0 Å². The first kappa shape index (κ1) is 10.5. The summed E-state index contributed by atoms with van der Waals surface area (Å²) in [7, 11) is 0. The second kappa shape index (κ2) is 5.92. The Bertz CT molecular complexity index is 348. The molecule has 0 aliphatic rings. The third kappa shape index (κ3) is 3.85. The van der Waals surface area contributed by atoms with Crippen molar-refractivity contribution in [3.63, 3.8) is 0 Å². The molecule has 0 unspecified atom stereocenters. The quantitative estimate of drug-likeness (QED) is 0.656. The summed E-state index contributed by atoms with van der Waals surface area (Å²) in [6.45, 7) is 5.60. The Labute approximate surface area is 85.5 Å². The van der Waals surface area contributed by atoms with E-state index in [1.807, 2.05) is 43.4 Å². The third-order valence-corrected chi connectivity index (χ3v) is 1.77. The van der Waals surface area contributed by atoms with Crippen molar-refractivity contribution < 1.29 is 0 Å². The Morgan fingerprint density at radius 1 is 1.29 bits per heavy atom. The first-order chi connectivity index (χ1) is 6.83.